The van der Waals surface area contributed by atoms with Crippen LogP contribution in [-0.2, 0) is 0 Å². The maximum Gasteiger partial charge on any atom is 0.191 e. The molecule has 1 aliphatic heterocycles. The predicted octanol–water partition coefficient (Wildman–Crippen LogP) is 2.67. The first kappa shape index (κ1) is 20.1. The van der Waals surface area contributed by atoms with E-state index in [0.717, 1.165) is 42.9 Å². The molecule has 7 heteroatoms. The van der Waals surface area contributed by atoms with E-state index in [4.69, 9.17) is 13.9 Å². The molecule has 0 aliphatic carbocycles. The Kier molecular flexibility index (Phi) is 7.61. The summed E-state index contributed by atoms with van der Waals surface area (Å²) in [6.07, 6.45) is 4.22. The molecule has 1 aromatic heterocycles. The number of methoxy groups -OCH3 is 1. The maximum absolute atomic E-state index is 5.76. The van der Waals surface area contributed by atoms with Gasteiger partial charge >= 0.3 is 0 Å². The fraction of sp³-hybridized carbons (Fsp3) is 0.476. The molecule has 3 rings (SSSR count). The molecule has 1 aromatic carbocycles. The summed E-state index contributed by atoms with van der Waals surface area (Å²) >= 11 is 0. The second-order valence-corrected chi connectivity index (χ2v) is 6.68. The van der Waals surface area contributed by atoms with Crippen molar-refractivity contribution in [2.45, 2.75) is 18.9 Å². The van der Waals surface area contributed by atoms with Crippen LogP contribution in [0.1, 0.15) is 24.6 Å². The average Bonchev–Trinajstić information content (AvgIpc) is 3.44. The minimum atomic E-state index is 0.212. The summed E-state index contributed by atoms with van der Waals surface area (Å²) in [4.78, 5) is 6.77. The number of guanidine groups is 1. The van der Waals surface area contributed by atoms with Crippen LogP contribution in [0, 0.1) is 0 Å². The highest BCUT2D eigenvalue weighted by Gasteiger charge is 2.25. The third kappa shape index (κ3) is 5.66. The van der Waals surface area contributed by atoms with Crippen LogP contribution in [0.4, 0.5) is 0 Å². The van der Waals surface area contributed by atoms with E-state index in [1.54, 1.807) is 20.4 Å². The van der Waals surface area contributed by atoms with Crippen molar-refractivity contribution in [1.29, 1.82) is 0 Å². The van der Waals surface area contributed by atoms with Gasteiger partial charge in [-0.3, -0.25) is 9.89 Å². The zero-order valence-corrected chi connectivity index (χ0v) is 16.7. The smallest absolute Gasteiger partial charge is 0.191 e. The Morgan fingerprint density at radius 2 is 2.00 bits per heavy atom. The third-order valence-corrected chi connectivity index (χ3v) is 4.84. The molecule has 28 heavy (non-hydrogen) atoms. The van der Waals surface area contributed by atoms with Crippen molar-refractivity contribution in [3.8, 4) is 11.5 Å². The summed E-state index contributed by atoms with van der Waals surface area (Å²) < 4.78 is 16.6. The molecule has 152 valence electrons. The van der Waals surface area contributed by atoms with Crippen molar-refractivity contribution in [2.75, 3.05) is 46.9 Å². The Balaban J connectivity index is 1.44. The van der Waals surface area contributed by atoms with E-state index in [2.05, 4.69) is 20.5 Å². The lowest BCUT2D eigenvalue weighted by atomic mass is 10.2. The monoisotopic (exact) mass is 386 g/mol. The van der Waals surface area contributed by atoms with Crippen molar-refractivity contribution in [3.05, 3.63) is 48.4 Å². The summed E-state index contributed by atoms with van der Waals surface area (Å²) in [7, 11) is 3.42. The molecule has 0 amide bonds. The van der Waals surface area contributed by atoms with Gasteiger partial charge in [-0.1, -0.05) is 6.07 Å². The molecular formula is C21H30N4O3. The molecule has 0 spiro atoms. The van der Waals surface area contributed by atoms with Crippen LogP contribution in [0.3, 0.4) is 0 Å². The van der Waals surface area contributed by atoms with Gasteiger partial charge in [-0.2, -0.15) is 0 Å². The Morgan fingerprint density at radius 1 is 1.18 bits per heavy atom. The highest BCUT2D eigenvalue weighted by atomic mass is 16.5. The minimum absolute atomic E-state index is 0.212. The number of rotatable bonds is 9. The topological polar surface area (TPSA) is 71.3 Å². The molecule has 1 saturated heterocycles. The lowest BCUT2D eigenvalue weighted by Crippen LogP contribution is -2.43. The van der Waals surface area contributed by atoms with Gasteiger partial charge in [-0.25, -0.2) is 0 Å². The van der Waals surface area contributed by atoms with Gasteiger partial charge in [0.05, 0.1) is 26.0 Å². The number of nitrogens with one attached hydrogen (secondary N) is 2. The van der Waals surface area contributed by atoms with E-state index < -0.39 is 0 Å². The van der Waals surface area contributed by atoms with Gasteiger partial charge in [0.1, 0.15) is 23.9 Å². The fourth-order valence-electron chi connectivity index (χ4n) is 3.39. The molecule has 1 aliphatic rings. The van der Waals surface area contributed by atoms with Crippen LogP contribution in [0.15, 0.2) is 52.1 Å². The summed E-state index contributed by atoms with van der Waals surface area (Å²) in [6, 6.07) is 11.8. The van der Waals surface area contributed by atoms with E-state index in [-0.39, 0.29) is 6.04 Å². The van der Waals surface area contributed by atoms with E-state index in [9.17, 15) is 0 Å². The van der Waals surface area contributed by atoms with E-state index >= 15 is 0 Å². The van der Waals surface area contributed by atoms with Gasteiger partial charge in [-0.05, 0) is 50.2 Å². The third-order valence-electron chi connectivity index (χ3n) is 4.84. The molecule has 2 aromatic rings. The number of furan rings is 1. The second kappa shape index (κ2) is 10.6. The first-order valence-corrected chi connectivity index (χ1v) is 9.79. The molecule has 1 fully saturated rings. The number of benzene rings is 1. The van der Waals surface area contributed by atoms with E-state index in [0.29, 0.717) is 13.2 Å². The van der Waals surface area contributed by atoms with Crippen LogP contribution in [0.25, 0.3) is 0 Å². The van der Waals surface area contributed by atoms with Gasteiger partial charge in [0, 0.05) is 19.7 Å². The number of nitrogens with zero attached hydrogens (tertiary/aromatic N) is 2. The standard InChI is InChI=1S/C21H30N4O3/c1-22-21(23-10-14-27-18-8-5-7-17(15-18)26-2)24-16-19(20-9-6-13-28-20)25-11-3-4-12-25/h5-9,13,15,19H,3-4,10-12,14,16H2,1-2H3,(H2,22,23,24). The predicted molar refractivity (Wildman–Crippen MR) is 110 cm³/mol. The van der Waals surface area contributed by atoms with Gasteiger partial charge in [0.15, 0.2) is 5.96 Å². The maximum atomic E-state index is 5.76. The molecule has 0 radical (unpaired) electrons. The molecule has 2 N–H and O–H groups in total. The zero-order valence-electron chi connectivity index (χ0n) is 16.7. The Labute approximate surface area is 166 Å². The Hall–Kier alpha value is -2.67. The van der Waals surface area contributed by atoms with Crippen molar-refractivity contribution < 1.29 is 13.9 Å². The second-order valence-electron chi connectivity index (χ2n) is 6.68. The highest BCUT2D eigenvalue weighted by molar-refractivity contribution is 5.79. The van der Waals surface area contributed by atoms with Gasteiger partial charge in [0.25, 0.3) is 0 Å². The zero-order chi connectivity index (χ0) is 19.6. The first-order valence-electron chi connectivity index (χ1n) is 9.79. The largest absolute Gasteiger partial charge is 0.497 e. The first-order chi connectivity index (χ1) is 13.8. The number of likely N-dealkylation sites (tertiary alicyclic amines) is 1. The van der Waals surface area contributed by atoms with Gasteiger partial charge < -0.3 is 24.5 Å². The molecule has 1 unspecified atom stereocenters. The summed E-state index contributed by atoms with van der Waals surface area (Å²) in [5.41, 5.74) is 0. The normalized spacial score (nSPS) is 16.0. The van der Waals surface area contributed by atoms with Crippen LogP contribution in [0.5, 0.6) is 11.5 Å². The Bertz CT molecular complexity index is 727. The van der Waals surface area contributed by atoms with E-state index in [1.807, 2.05) is 36.4 Å². The van der Waals surface area contributed by atoms with Gasteiger partial charge in [-0.15, -0.1) is 0 Å². The average molecular weight is 386 g/mol. The van der Waals surface area contributed by atoms with Crippen molar-refractivity contribution in [3.63, 3.8) is 0 Å². The summed E-state index contributed by atoms with van der Waals surface area (Å²) in [6.45, 7) is 4.12. The number of ether oxygens (including phenoxy) is 2. The van der Waals surface area contributed by atoms with E-state index in [1.165, 1.54) is 12.8 Å². The van der Waals surface area contributed by atoms with Gasteiger partial charge in [0.2, 0.25) is 0 Å². The van der Waals surface area contributed by atoms with Crippen molar-refractivity contribution >= 4 is 5.96 Å². The van der Waals surface area contributed by atoms with Crippen LogP contribution >= 0.6 is 0 Å². The SMILES string of the molecule is CN=C(NCCOc1cccc(OC)c1)NCC(c1ccco1)N1CCCC1. The van der Waals surface area contributed by atoms with Crippen LogP contribution in [0.2, 0.25) is 0 Å². The summed E-state index contributed by atoms with van der Waals surface area (Å²) in [5, 5.41) is 6.71. The molecular weight excluding hydrogens is 356 g/mol. The molecule has 2 heterocycles. The quantitative estimate of drug-likeness (QED) is 0.392. The lowest BCUT2D eigenvalue weighted by Gasteiger charge is -2.26. The van der Waals surface area contributed by atoms with Crippen LogP contribution < -0.4 is 20.1 Å². The highest BCUT2D eigenvalue weighted by Crippen LogP contribution is 2.24. The summed E-state index contributed by atoms with van der Waals surface area (Å²) in [5.74, 6) is 3.32. The Morgan fingerprint density at radius 3 is 2.71 bits per heavy atom. The number of aliphatic imine (C=N–C) groups is 1. The van der Waals surface area contributed by atoms with Crippen molar-refractivity contribution in [1.82, 2.24) is 15.5 Å². The van der Waals surface area contributed by atoms with Crippen molar-refractivity contribution in [2.24, 2.45) is 4.99 Å². The molecule has 7 nitrogen and oxygen atoms in total. The molecule has 0 bridgehead atoms. The van der Waals surface area contributed by atoms with Crippen LogP contribution in [-0.4, -0.2) is 57.8 Å². The number of hydrogen-bond acceptors (Lipinski definition) is 5. The molecule has 1 atom stereocenters. The minimum Gasteiger partial charge on any atom is -0.497 e. The lowest BCUT2D eigenvalue weighted by molar-refractivity contribution is 0.215. The fourth-order valence-corrected chi connectivity index (χ4v) is 3.39. The number of hydrogen-bond donors (Lipinski definition) is 2. The molecule has 0 saturated carbocycles.